The molecule has 1 atom stereocenters. The van der Waals surface area contributed by atoms with E-state index in [0.29, 0.717) is 19.3 Å². The van der Waals surface area contributed by atoms with Crippen LogP contribution in [0.25, 0.3) is 0 Å². The minimum Gasteiger partial charge on any atom is -0.462 e. The molecule has 0 rings (SSSR count). The SMILES string of the molecule is CC/C=C\C/C=C\C/C=C\C/C=C\CCCCCCCCC(=O)OC(COC(=O)CCCCCCCCCCCCCCC)COC(=O)CCCCCCCCCCCCCCCCCCCCCCCCCCCCCCCC. The Kier molecular flexibility index (Phi) is 66.6. The van der Waals surface area contributed by atoms with Crippen LogP contribution in [-0.2, 0) is 28.6 Å². The predicted molar refractivity (Wildman–Crippen MR) is 349 cm³/mol. The molecule has 0 saturated heterocycles. The van der Waals surface area contributed by atoms with Crippen molar-refractivity contribution in [2.24, 2.45) is 0 Å². The summed E-state index contributed by atoms with van der Waals surface area (Å²) in [4.78, 5) is 38.4. The van der Waals surface area contributed by atoms with Crippen LogP contribution in [0, 0.1) is 0 Å². The maximum atomic E-state index is 12.9. The summed E-state index contributed by atoms with van der Waals surface area (Å²) in [5.74, 6) is -0.862. The lowest BCUT2D eigenvalue weighted by Crippen LogP contribution is -2.30. The molecule has 6 heteroatoms. The van der Waals surface area contributed by atoms with Gasteiger partial charge in [0.1, 0.15) is 13.2 Å². The zero-order valence-electron chi connectivity index (χ0n) is 53.9. The number of allylic oxidation sites excluding steroid dienone is 8. The largest absolute Gasteiger partial charge is 0.462 e. The summed E-state index contributed by atoms with van der Waals surface area (Å²) in [6, 6.07) is 0. The lowest BCUT2D eigenvalue weighted by Gasteiger charge is -2.18. The van der Waals surface area contributed by atoms with Crippen molar-refractivity contribution in [2.45, 2.75) is 393 Å². The minimum absolute atomic E-state index is 0.0739. The fraction of sp³-hybridized carbons (Fsp3) is 0.851. The molecule has 0 bridgehead atoms. The predicted octanol–water partition coefficient (Wildman–Crippen LogP) is 24.5. The fourth-order valence-electron chi connectivity index (χ4n) is 10.8. The second kappa shape index (κ2) is 68.9. The summed E-state index contributed by atoms with van der Waals surface area (Å²) in [5, 5.41) is 0. The quantitative estimate of drug-likeness (QED) is 0.0261. The number of carbonyl (C=O) groups is 3. The summed E-state index contributed by atoms with van der Waals surface area (Å²) in [6.07, 6.45) is 87.3. The van der Waals surface area contributed by atoms with E-state index in [9.17, 15) is 14.4 Å². The van der Waals surface area contributed by atoms with Gasteiger partial charge in [-0.25, -0.2) is 0 Å². The Hall–Kier alpha value is -2.63. The minimum atomic E-state index is -0.779. The van der Waals surface area contributed by atoms with Gasteiger partial charge in [0.05, 0.1) is 0 Å². The topological polar surface area (TPSA) is 78.9 Å². The number of unbranched alkanes of at least 4 members (excludes halogenated alkanes) is 47. The molecule has 0 saturated carbocycles. The Labute approximate surface area is 498 Å². The number of esters is 3. The van der Waals surface area contributed by atoms with Crippen molar-refractivity contribution in [2.75, 3.05) is 13.2 Å². The molecule has 0 aromatic rings. The van der Waals surface area contributed by atoms with Gasteiger partial charge in [0, 0.05) is 19.3 Å². The Balaban J connectivity index is 4.17. The molecular formula is C74H136O6. The van der Waals surface area contributed by atoms with Crippen LogP contribution in [0.2, 0.25) is 0 Å². The van der Waals surface area contributed by atoms with Gasteiger partial charge in [-0.3, -0.25) is 14.4 Å². The highest BCUT2D eigenvalue weighted by molar-refractivity contribution is 5.71. The van der Waals surface area contributed by atoms with Gasteiger partial charge in [-0.2, -0.15) is 0 Å². The lowest BCUT2D eigenvalue weighted by molar-refractivity contribution is -0.167. The molecular weight excluding hydrogens is 985 g/mol. The van der Waals surface area contributed by atoms with Crippen molar-refractivity contribution in [3.63, 3.8) is 0 Å². The van der Waals surface area contributed by atoms with Crippen molar-refractivity contribution in [1.29, 1.82) is 0 Å². The normalized spacial score (nSPS) is 12.3. The van der Waals surface area contributed by atoms with Gasteiger partial charge in [-0.15, -0.1) is 0 Å². The van der Waals surface area contributed by atoms with Crippen molar-refractivity contribution in [1.82, 2.24) is 0 Å². The molecule has 468 valence electrons. The Morgan fingerprint density at radius 3 is 0.762 bits per heavy atom. The number of rotatable bonds is 66. The Morgan fingerprint density at radius 1 is 0.263 bits per heavy atom. The molecule has 0 aromatic heterocycles. The van der Waals surface area contributed by atoms with Crippen LogP contribution in [0.1, 0.15) is 387 Å². The molecule has 80 heavy (non-hydrogen) atoms. The van der Waals surface area contributed by atoms with Crippen molar-refractivity contribution in [3.8, 4) is 0 Å². The summed E-state index contributed by atoms with van der Waals surface area (Å²) in [5.41, 5.74) is 0. The van der Waals surface area contributed by atoms with E-state index in [4.69, 9.17) is 14.2 Å². The van der Waals surface area contributed by atoms with E-state index in [-0.39, 0.29) is 31.1 Å². The maximum absolute atomic E-state index is 12.9. The average Bonchev–Trinajstić information content (AvgIpc) is 3.46. The molecule has 0 heterocycles. The first kappa shape index (κ1) is 77.4. The maximum Gasteiger partial charge on any atom is 0.306 e. The van der Waals surface area contributed by atoms with E-state index in [1.54, 1.807) is 0 Å². The van der Waals surface area contributed by atoms with Gasteiger partial charge in [0.25, 0.3) is 0 Å². The van der Waals surface area contributed by atoms with E-state index in [0.717, 1.165) is 96.3 Å². The molecule has 6 nitrogen and oxygen atoms in total. The second-order valence-corrected chi connectivity index (χ2v) is 24.1. The highest BCUT2D eigenvalue weighted by atomic mass is 16.6. The van der Waals surface area contributed by atoms with Crippen molar-refractivity contribution < 1.29 is 28.6 Å². The summed E-state index contributed by atoms with van der Waals surface area (Å²) < 4.78 is 17.0. The van der Waals surface area contributed by atoms with Crippen LogP contribution in [-0.4, -0.2) is 37.2 Å². The number of ether oxygens (including phenoxy) is 3. The lowest BCUT2D eigenvalue weighted by atomic mass is 10.0. The number of hydrogen-bond acceptors (Lipinski definition) is 6. The first-order valence-electron chi connectivity index (χ1n) is 35.6. The third-order valence-corrected chi connectivity index (χ3v) is 16.1. The van der Waals surface area contributed by atoms with Crippen LogP contribution in [0.5, 0.6) is 0 Å². The van der Waals surface area contributed by atoms with Gasteiger partial charge in [0.2, 0.25) is 0 Å². The van der Waals surface area contributed by atoms with E-state index in [1.807, 2.05) is 0 Å². The zero-order valence-corrected chi connectivity index (χ0v) is 53.9. The highest BCUT2D eigenvalue weighted by Crippen LogP contribution is 2.19. The van der Waals surface area contributed by atoms with Gasteiger partial charge in [0.15, 0.2) is 6.10 Å². The van der Waals surface area contributed by atoms with Gasteiger partial charge in [-0.05, 0) is 57.8 Å². The highest BCUT2D eigenvalue weighted by Gasteiger charge is 2.19. The summed E-state index contributed by atoms with van der Waals surface area (Å²) in [7, 11) is 0. The third kappa shape index (κ3) is 66.2. The summed E-state index contributed by atoms with van der Waals surface area (Å²) >= 11 is 0. The van der Waals surface area contributed by atoms with Crippen LogP contribution >= 0.6 is 0 Å². The van der Waals surface area contributed by atoms with E-state index >= 15 is 0 Å². The Morgan fingerprint density at radius 2 is 0.487 bits per heavy atom. The molecule has 0 N–H and O–H groups in total. The van der Waals surface area contributed by atoms with E-state index in [2.05, 4.69) is 69.4 Å². The van der Waals surface area contributed by atoms with E-state index < -0.39 is 6.10 Å². The number of hydrogen-bond donors (Lipinski definition) is 0. The third-order valence-electron chi connectivity index (χ3n) is 16.1. The van der Waals surface area contributed by atoms with Crippen molar-refractivity contribution in [3.05, 3.63) is 48.6 Å². The zero-order chi connectivity index (χ0) is 57.8. The molecule has 0 spiro atoms. The monoisotopic (exact) mass is 1120 g/mol. The van der Waals surface area contributed by atoms with Crippen molar-refractivity contribution >= 4 is 17.9 Å². The van der Waals surface area contributed by atoms with Crippen LogP contribution in [0.3, 0.4) is 0 Å². The second-order valence-electron chi connectivity index (χ2n) is 24.1. The van der Waals surface area contributed by atoms with Gasteiger partial charge < -0.3 is 14.2 Å². The molecule has 0 amide bonds. The molecule has 1 unspecified atom stereocenters. The molecule has 0 radical (unpaired) electrons. The molecule has 0 aliphatic rings. The standard InChI is InChI=1S/C74H136O6/c1-4-7-10-13-16-19-22-25-27-29-31-32-33-34-35-36-37-38-39-40-41-43-44-46-49-52-55-58-61-64-67-73(76)79-70-71(69-78-72(75)66-63-60-57-54-51-48-24-21-18-15-12-9-6-3)80-74(77)68-65-62-59-56-53-50-47-45-42-30-28-26-23-20-17-14-11-8-5-2/h8,11,17,20,26,28,42,45,71H,4-7,9-10,12-16,18-19,21-25,27,29-41,43-44,46-70H2,1-3H3/b11-8-,20-17-,28-26-,45-42-. The van der Waals surface area contributed by atoms with Crippen LogP contribution in [0.15, 0.2) is 48.6 Å². The Bertz CT molecular complexity index is 1380. The van der Waals surface area contributed by atoms with Gasteiger partial charge in [-0.1, -0.05) is 358 Å². The van der Waals surface area contributed by atoms with Crippen LogP contribution in [0.4, 0.5) is 0 Å². The van der Waals surface area contributed by atoms with Gasteiger partial charge >= 0.3 is 17.9 Å². The average molecular weight is 1120 g/mol. The smallest absolute Gasteiger partial charge is 0.306 e. The first-order valence-corrected chi connectivity index (χ1v) is 35.6. The van der Waals surface area contributed by atoms with E-state index in [1.165, 1.54) is 250 Å². The fourth-order valence-corrected chi connectivity index (χ4v) is 10.8. The molecule has 0 aliphatic carbocycles. The first-order chi connectivity index (χ1) is 39.5. The van der Waals surface area contributed by atoms with Crippen LogP contribution < -0.4 is 0 Å². The molecule has 0 aliphatic heterocycles. The number of carbonyl (C=O) groups excluding carboxylic acids is 3. The molecule has 0 fully saturated rings. The summed E-state index contributed by atoms with van der Waals surface area (Å²) in [6.45, 7) is 6.58. The molecule has 0 aromatic carbocycles.